The van der Waals surface area contributed by atoms with Crippen LogP contribution in [0.25, 0.3) is 0 Å². The van der Waals surface area contributed by atoms with Crippen LogP contribution < -0.4 is 15.4 Å². The lowest BCUT2D eigenvalue weighted by atomic mass is 9.97. The first-order valence-electron chi connectivity index (χ1n) is 9.41. The summed E-state index contributed by atoms with van der Waals surface area (Å²) >= 11 is 5.87. The van der Waals surface area contributed by atoms with Crippen molar-refractivity contribution in [2.45, 2.75) is 32.7 Å². The van der Waals surface area contributed by atoms with Crippen LogP contribution in [0.2, 0.25) is 5.02 Å². The highest BCUT2D eigenvalue weighted by Gasteiger charge is 2.26. The van der Waals surface area contributed by atoms with Crippen LogP contribution in [0.15, 0.2) is 48.5 Å². The van der Waals surface area contributed by atoms with Gasteiger partial charge in [-0.15, -0.1) is 0 Å². The van der Waals surface area contributed by atoms with Crippen molar-refractivity contribution in [3.05, 3.63) is 64.7 Å². The van der Waals surface area contributed by atoms with Gasteiger partial charge in [0.25, 0.3) is 5.91 Å². The van der Waals surface area contributed by atoms with Crippen LogP contribution in [-0.2, 0) is 11.2 Å². The van der Waals surface area contributed by atoms with Crippen LogP contribution in [-0.4, -0.2) is 31.5 Å². The molecule has 0 aliphatic rings. The average molecular weight is 403 g/mol. The lowest BCUT2D eigenvalue weighted by Crippen LogP contribution is -2.50. The number of amides is 2. The SMILES string of the molecule is CC[C@H](C)[C@H](NC(=O)c1ccc(Cl)cc1)C(=O)NCCc1ccc(OC)cc1. The molecule has 0 heterocycles. The Morgan fingerprint density at radius 1 is 1.07 bits per heavy atom. The van der Waals surface area contributed by atoms with Gasteiger partial charge in [-0.2, -0.15) is 0 Å². The highest BCUT2D eigenvalue weighted by molar-refractivity contribution is 6.30. The first-order valence-corrected chi connectivity index (χ1v) is 9.79. The molecule has 0 saturated heterocycles. The number of rotatable bonds is 9. The Balaban J connectivity index is 1.94. The van der Waals surface area contributed by atoms with Crippen molar-refractivity contribution in [3.8, 4) is 5.75 Å². The van der Waals surface area contributed by atoms with Crippen molar-refractivity contribution in [1.82, 2.24) is 10.6 Å². The van der Waals surface area contributed by atoms with Gasteiger partial charge in [-0.05, 0) is 54.3 Å². The molecule has 2 atom stereocenters. The molecule has 0 fully saturated rings. The third kappa shape index (κ3) is 6.27. The molecule has 0 radical (unpaired) electrons. The van der Waals surface area contributed by atoms with Gasteiger partial charge in [0.1, 0.15) is 11.8 Å². The fourth-order valence-corrected chi connectivity index (χ4v) is 2.89. The molecule has 28 heavy (non-hydrogen) atoms. The Labute approximate surface area is 171 Å². The van der Waals surface area contributed by atoms with E-state index in [2.05, 4.69) is 10.6 Å². The molecule has 0 saturated carbocycles. The number of carbonyl (C=O) groups excluding carboxylic acids is 2. The van der Waals surface area contributed by atoms with Crippen LogP contribution in [0.5, 0.6) is 5.75 Å². The number of benzene rings is 2. The summed E-state index contributed by atoms with van der Waals surface area (Å²) in [5, 5.41) is 6.35. The van der Waals surface area contributed by atoms with Crippen molar-refractivity contribution < 1.29 is 14.3 Å². The van der Waals surface area contributed by atoms with Crippen molar-refractivity contribution in [2.75, 3.05) is 13.7 Å². The molecule has 0 aliphatic carbocycles. The second-order valence-electron chi connectivity index (χ2n) is 6.73. The first-order chi connectivity index (χ1) is 13.4. The number of nitrogens with one attached hydrogen (secondary N) is 2. The van der Waals surface area contributed by atoms with E-state index in [0.29, 0.717) is 23.6 Å². The van der Waals surface area contributed by atoms with Gasteiger partial charge in [-0.3, -0.25) is 9.59 Å². The van der Waals surface area contributed by atoms with E-state index < -0.39 is 6.04 Å². The average Bonchev–Trinajstić information content (AvgIpc) is 2.72. The van der Waals surface area contributed by atoms with Gasteiger partial charge in [0.15, 0.2) is 0 Å². The summed E-state index contributed by atoms with van der Waals surface area (Å²) in [5.41, 5.74) is 1.58. The predicted octanol–water partition coefficient (Wildman–Crippen LogP) is 3.85. The smallest absolute Gasteiger partial charge is 0.251 e. The summed E-state index contributed by atoms with van der Waals surface area (Å²) in [7, 11) is 1.63. The van der Waals surface area contributed by atoms with Gasteiger partial charge in [0.2, 0.25) is 5.91 Å². The Bertz CT molecular complexity index is 775. The standard InChI is InChI=1S/C22H27ClN2O3/c1-4-15(2)20(25-21(26)17-7-9-18(23)10-8-17)22(27)24-14-13-16-5-11-19(28-3)12-6-16/h5-12,15,20H,4,13-14H2,1-3H3,(H,24,27)(H,25,26)/t15-,20-/m0/s1. The molecule has 6 heteroatoms. The number of halogens is 1. The van der Waals surface area contributed by atoms with Crippen LogP contribution in [0.1, 0.15) is 36.2 Å². The van der Waals surface area contributed by atoms with Crippen molar-refractivity contribution in [1.29, 1.82) is 0 Å². The molecule has 0 bridgehead atoms. The van der Waals surface area contributed by atoms with E-state index >= 15 is 0 Å². The maximum Gasteiger partial charge on any atom is 0.251 e. The monoisotopic (exact) mass is 402 g/mol. The fourth-order valence-electron chi connectivity index (χ4n) is 2.76. The zero-order valence-electron chi connectivity index (χ0n) is 16.5. The molecule has 150 valence electrons. The van der Waals surface area contributed by atoms with Gasteiger partial charge in [0, 0.05) is 17.1 Å². The normalized spacial score (nSPS) is 12.7. The van der Waals surface area contributed by atoms with Gasteiger partial charge in [-0.1, -0.05) is 44.0 Å². The van der Waals surface area contributed by atoms with Crippen molar-refractivity contribution in [3.63, 3.8) is 0 Å². The first kappa shape index (κ1) is 21.8. The van der Waals surface area contributed by atoms with Gasteiger partial charge < -0.3 is 15.4 Å². The van der Waals surface area contributed by atoms with Crippen LogP contribution in [0, 0.1) is 5.92 Å². The Morgan fingerprint density at radius 2 is 1.71 bits per heavy atom. The third-order valence-electron chi connectivity index (χ3n) is 4.76. The molecule has 0 aromatic heterocycles. The number of methoxy groups -OCH3 is 1. The van der Waals surface area contributed by atoms with Crippen molar-refractivity contribution in [2.24, 2.45) is 5.92 Å². The van der Waals surface area contributed by atoms with Gasteiger partial charge in [0.05, 0.1) is 7.11 Å². The topological polar surface area (TPSA) is 67.4 Å². The van der Waals surface area contributed by atoms with E-state index in [0.717, 1.165) is 17.7 Å². The summed E-state index contributed by atoms with van der Waals surface area (Å²) < 4.78 is 5.14. The summed E-state index contributed by atoms with van der Waals surface area (Å²) in [4.78, 5) is 25.2. The maximum absolute atomic E-state index is 12.7. The Morgan fingerprint density at radius 3 is 2.29 bits per heavy atom. The summed E-state index contributed by atoms with van der Waals surface area (Å²) in [6, 6.07) is 13.7. The molecule has 2 N–H and O–H groups in total. The number of hydrogen-bond acceptors (Lipinski definition) is 3. The molecule has 2 aromatic carbocycles. The predicted molar refractivity (Wildman–Crippen MR) is 112 cm³/mol. The van der Waals surface area contributed by atoms with E-state index in [1.807, 2.05) is 38.1 Å². The highest BCUT2D eigenvalue weighted by atomic mass is 35.5. The lowest BCUT2D eigenvalue weighted by Gasteiger charge is -2.23. The number of hydrogen-bond donors (Lipinski definition) is 2. The largest absolute Gasteiger partial charge is 0.497 e. The van der Waals surface area contributed by atoms with Gasteiger partial charge >= 0.3 is 0 Å². The van der Waals surface area contributed by atoms with Gasteiger partial charge in [-0.25, -0.2) is 0 Å². The van der Waals surface area contributed by atoms with E-state index in [9.17, 15) is 9.59 Å². The maximum atomic E-state index is 12.7. The van der Waals surface area contributed by atoms with Crippen molar-refractivity contribution >= 4 is 23.4 Å². The summed E-state index contributed by atoms with van der Waals surface area (Å²) in [5.74, 6) is 0.351. The lowest BCUT2D eigenvalue weighted by molar-refractivity contribution is -0.124. The van der Waals surface area contributed by atoms with E-state index in [1.165, 1.54) is 0 Å². The zero-order valence-corrected chi connectivity index (χ0v) is 17.3. The molecule has 2 amide bonds. The fraction of sp³-hybridized carbons (Fsp3) is 0.364. The van der Waals surface area contributed by atoms with Crippen LogP contribution in [0.3, 0.4) is 0 Å². The highest BCUT2D eigenvalue weighted by Crippen LogP contribution is 2.13. The minimum absolute atomic E-state index is 0.0113. The molecular weight excluding hydrogens is 376 g/mol. The molecule has 5 nitrogen and oxygen atoms in total. The number of carbonyl (C=O) groups is 2. The number of ether oxygens (including phenoxy) is 1. The van der Waals surface area contributed by atoms with E-state index in [-0.39, 0.29) is 17.7 Å². The molecule has 0 aliphatic heterocycles. The second-order valence-corrected chi connectivity index (χ2v) is 7.17. The zero-order chi connectivity index (χ0) is 20.5. The second kappa shape index (κ2) is 10.7. The van der Waals surface area contributed by atoms with E-state index in [1.54, 1.807) is 31.4 Å². The molecule has 2 aromatic rings. The quantitative estimate of drug-likeness (QED) is 0.669. The Hall–Kier alpha value is -2.53. The summed E-state index contributed by atoms with van der Waals surface area (Å²) in [6.07, 6.45) is 1.48. The Kier molecular flexibility index (Phi) is 8.33. The van der Waals surface area contributed by atoms with Crippen LogP contribution in [0.4, 0.5) is 0 Å². The van der Waals surface area contributed by atoms with E-state index in [4.69, 9.17) is 16.3 Å². The third-order valence-corrected chi connectivity index (χ3v) is 5.01. The van der Waals surface area contributed by atoms with Crippen LogP contribution >= 0.6 is 11.6 Å². The summed E-state index contributed by atoms with van der Waals surface area (Å²) in [6.45, 7) is 4.45. The molecule has 0 unspecified atom stereocenters. The minimum Gasteiger partial charge on any atom is -0.497 e. The molecule has 2 rings (SSSR count). The molecule has 0 spiro atoms. The minimum atomic E-state index is -0.593. The molecular formula is C22H27ClN2O3.